The van der Waals surface area contributed by atoms with Crippen molar-refractivity contribution in [2.45, 2.75) is 44.7 Å². The molecule has 0 aromatic carbocycles. The molecule has 0 aliphatic heterocycles. The fourth-order valence-electron chi connectivity index (χ4n) is 1.19. The molecule has 15 heavy (non-hydrogen) atoms. The molecule has 0 aromatic heterocycles. The van der Waals surface area contributed by atoms with Gasteiger partial charge in [0, 0.05) is 6.04 Å². The molecule has 0 heterocycles. The SMILES string of the molecule is CCCC(NS(=O)(=O)NC1CC1)C(N)=S. The van der Waals surface area contributed by atoms with E-state index in [0.717, 1.165) is 19.3 Å². The molecule has 1 rings (SSSR count). The fraction of sp³-hybridized carbons (Fsp3) is 0.875. The van der Waals surface area contributed by atoms with Crippen molar-refractivity contribution < 1.29 is 8.42 Å². The molecule has 88 valence electrons. The van der Waals surface area contributed by atoms with E-state index in [1.807, 2.05) is 6.92 Å². The van der Waals surface area contributed by atoms with Gasteiger partial charge in [0.2, 0.25) is 0 Å². The first-order valence-electron chi connectivity index (χ1n) is 5.03. The largest absolute Gasteiger partial charge is 0.392 e. The van der Waals surface area contributed by atoms with Crippen LogP contribution >= 0.6 is 12.2 Å². The lowest BCUT2D eigenvalue weighted by molar-refractivity contribution is 0.552. The Hall–Kier alpha value is -0.240. The van der Waals surface area contributed by atoms with Crippen LogP contribution in [-0.2, 0) is 10.2 Å². The number of hydrogen-bond donors (Lipinski definition) is 3. The standard InChI is InChI=1S/C8H17N3O2S2/c1-2-3-7(8(9)14)11-15(12,13)10-6-4-5-6/h6-7,10-11H,2-5H2,1H3,(H2,9,14). The highest BCUT2D eigenvalue weighted by Crippen LogP contribution is 2.19. The molecule has 1 unspecified atom stereocenters. The Morgan fingerprint density at radius 3 is 2.60 bits per heavy atom. The number of nitrogens with one attached hydrogen (secondary N) is 2. The van der Waals surface area contributed by atoms with E-state index >= 15 is 0 Å². The summed E-state index contributed by atoms with van der Waals surface area (Å²) in [4.78, 5) is 0.193. The van der Waals surface area contributed by atoms with Crippen molar-refractivity contribution in [1.29, 1.82) is 0 Å². The maximum atomic E-state index is 11.5. The first kappa shape index (κ1) is 12.8. The van der Waals surface area contributed by atoms with Crippen LogP contribution < -0.4 is 15.2 Å². The molecule has 7 heteroatoms. The van der Waals surface area contributed by atoms with Gasteiger partial charge in [0.25, 0.3) is 10.2 Å². The van der Waals surface area contributed by atoms with Gasteiger partial charge in [-0.2, -0.15) is 17.9 Å². The second kappa shape index (κ2) is 5.20. The summed E-state index contributed by atoms with van der Waals surface area (Å²) >= 11 is 4.80. The molecule has 1 atom stereocenters. The van der Waals surface area contributed by atoms with Gasteiger partial charge < -0.3 is 5.73 Å². The van der Waals surface area contributed by atoms with Crippen LogP contribution in [0.3, 0.4) is 0 Å². The summed E-state index contributed by atoms with van der Waals surface area (Å²) in [6.07, 6.45) is 3.27. The highest BCUT2D eigenvalue weighted by molar-refractivity contribution is 7.87. The first-order valence-corrected chi connectivity index (χ1v) is 6.92. The minimum absolute atomic E-state index is 0.0936. The molecule has 1 fully saturated rings. The van der Waals surface area contributed by atoms with Crippen LogP contribution in [0.2, 0.25) is 0 Å². The number of thiocarbonyl (C=S) groups is 1. The average Bonchev–Trinajstić information content (AvgIpc) is 2.86. The van der Waals surface area contributed by atoms with Crippen LogP contribution in [0.25, 0.3) is 0 Å². The van der Waals surface area contributed by atoms with Crippen molar-refractivity contribution in [3.63, 3.8) is 0 Å². The van der Waals surface area contributed by atoms with Gasteiger partial charge in [-0.25, -0.2) is 0 Å². The topological polar surface area (TPSA) is 84.2 Å². The predicted octanol–water partition coefficient (Wildman–Crippen LogP) is 0.0276. The van der Waals surface area contributed by atoms with Crippen molar-refractivity contribution in [3.05, 3.63) is 0 Å². The monoisotopic (exact) mass is 251 g/mol. The molecule has 1 aliphatic rings. The van der Waals surface area contributed by atoms with E-state index in [2.05, 4.69) is 9.44 Å². The van der Waals surface area contributed by atoms with E-state index in [1.165, 1.54) is 0 Å². The van der Waals surface area contributed by atoms with Crippen molar-refractivity contribution in [3.8, 4) is 0 Å². The maximum absolute atomic E-state index is 11.5. The third-order valence-corrected chi connectivity index (χ3v) is 3.64. The Morgan fingerprint density at radius 2 is 2.20 bits per heavy atom. The van der Waals surface area contributed by atoms with Crippen LogP contribution in [0.5, 0.6) is 0 Å². The Kier molecular flexibility index (Phi) is 4.45. The summed E-state index contributed by atoms with van der Waals surface area (Å²) in [5, 5.41) is 0. The minimum atomic E-state index is -3.45. The van der Waals surface area contributed by atoms with E-state index in [0.29, 0.717) is 6.42 Å². The second-order valence-electron chi connectivity index (χ2n) is 3.76. The lowest BCUT2D eigenvalue weighted by Gasteiger charge is -2.16. The lowest BCUT2D eigenvalue weighted by atomic mass is 10.2. The summed E-state index contributed by atoms with van der Waals surface area (Å²) in [7, 11) is -3.45. The number of rotatable bonds is 7. The molecule has 0 spiro atoms. The molecular formula is C8H17N3O2S2. The minimum Gasteiger partial charge on any atom is -0.392 e. The quantitative estimate of drug-likeness (QED) is 0.557. The van der Waals surface area contributed by atoms with Crippen molar-refractivity contribution >= 4 is 27.4 Å². The summed E-state index contributed by atoms with van der Waals surface area (Å²) < 4.78 is 28.0. The molecule has 0 amide bonds. The Labute approximate surface area is 96.0 Å². The summed E-state index contributed by atoms with van der Waals surface area (Å²) in [5.74, 6) is 0. The third-order valence-electron chi connectivity index (χ3n) is 2.12. The molecular weight excluding hydrogens is 234 g/mol. The van der Waals surface area contributed by atoms with Gasteiger partial charge in [0.1, 0.15) is 0 Å². The van der Waals surface area contributed by atoms with Gasteiger partial charge in [-0.1, -0.05) is 25.6 Å². The molecule has 5 nitrogen and oxygen atoms in total. The maximum Gasteiger partial charge on any atom is 0.277 e. The zero-order chi connectivity index (χ0) is 11.5. The van der Waals surface area contributed by atoms with Crippen LogP contribution in [-0.4, -0.2) is 25.5 Å². The van der Waals surface area contributed by atoms with Gasteiger partial charge in [0.15, 0.2) is 0 Å². The van der Waals surface area contributed by atoms with E-state index in [4.69, 9.17) is 18.0 Å². The van der Waals surface area contributed by atoms with Gasteiger partial charge >= 0.3 is 0 Å². The van der Waals surface area contributed by atoms with Gasteiger partial charge in [-0.15, -0.1) is 0 Å². The molecule has 4 N–H and O–H groups in total. The zero-order valence-electron chi connectivity index (χ0n) is 8.69. The number of hydrogen-bond acceptors (Lipinski definition) is 3. The summed E-state index contributed by atoms with van der Waals surface area (Å²) in [6, 6.07) is -0.350. The second-order valence-corrected chi connectivity index (χ2v) is 5.71. The van der Waals surface area contributed by atoms with Crippen molar-refractivity contribution in [2.75, 3.05) is 0 Å². The smallest absolute Gasteiger partial charge is 0.277 e. The van der Waals surface area contributed by atoms with E-state index in [9.17, 15) is 8.42 Å². The highest BCUT2D eigenvalue weighted by Gasteiger charge is 2.28. The molecule has 0 aromatic rings. The van der Waals surface area contributed by atoms with Gasteiger partial charge in [-0.05, 0) is 19.3 Å². The Balaban J connectivity index is 2.51. The average molecular weight is 251 g/mol. The molecule has 0 radical (unpaired) electrons. The fourth-order valence-corrected chi connectivity index (χ4v) is 2.80. The lowest BCUT2D eigenvalue weighted by Crippen LogP contribution is -2.48. The van der Waals surface area contributed by atoms with E-state index in [-0.39, 0.29) is 11.0 Å². The summed E-state index contributed by atoms with van der Waals surface area (Å²) in [5.41, 5.74) is 5.45. The summed E-state index contributed by atoms with van der Waals surface area (Å²) in [6.45, 7) is 1.95. The molecule has 0 bridgehead atoms. The zero-order valence-corrected chi connectivity index (χ0v) is 10.3. The molecule has 1 aliphatic carbocycles. The van der Waals surface area contributed by atoms with Crippen molar-refractivity contribution in [2.24, 2.45) is 5.73 Å². The molecule has 1 saturated carbocycles. The van der Waals surface area contributed by atoms with E-state index < -0.39 is 16.3 Å². The van der Waals surface area contributed by atoms with Crippen LogP contribution in [0.1, 0.15) is 32.6 Å². The van der Waals surface area contributed by atoms with Crippen LogP contribution in [0.15, 0.2) is 0 Å². The molecule has 0 saturated heterocycles. The van der Waals surface area contributed by atoms with Gasteiger partial charge in [-0.3, -0.25) is 0 Å². The van der Waals surface area contributed by atoms with Crippen LogP contribution in [0, 0.1) is 0 Å². The Morgan fingerprint density at radius 1 is 1.60 bits per heavy atom. The number of nitrogens with two attached hydrogens (primary N) is 1. The first-order chi connectivity index (χ1) is 6.94. The van der Waals surface area contributed by atoms with Crippen molar-refractivity contribution in [1.82, 2.24) is 9.44 Å². The van der Waals surface area contributed by atoms with E-state index in [1.54, 1.807) is 0 Å². The van der Waals surface area contributed by atoms with Crippen LogP contribution in [0.4, 0.5) is 0 Å². The normalized spacial score (nSPS) is 18.7. The highest BCUT2D eigenvalue weighted by atomic mass is 32.2. The predicted molar refractivity (Wildman–Crippen MR) is 63.7 cm³/mol. The van der Waals surface area contributed by atoms with Gasteiger partial charge in [0.05, 0.1) is 11.0 Å². The third kappa shape index (κ3) is 4.87. The Bertz CT molecular complexity index is 325.